The number of nitro groups is 1. The Morgan fingerprint density at radius 1 is 1.47 bits per heavy atom. The molecule has 0 fully saturated rings. The molecule has 0 aromatic heterocycles. The molecule has 17 heavy (non-hydrogen) atoms. The number of rotatable bonds is 6. The van der Waals surface area contributed by atoms with Gasteiger partial charge >= 0.3 is 0 Å². The zero-order valence-electron chi connectivity index (χ0n) is 9.38. The lowest BCUT2D eigenvalue weighted by Crippen LogP contribution is -2.07. The first kappa shape index (κ1) is 12.9. The van der Waals surface area contributed by atoms with Crippen LogP contribution in [0.15, 0.2) is 18.2 Å². The second kappa shape index (κ2) is 6.45. The number of ether oxygens (including phenoxy) is 2. The first-order valence-electron chi connectivity index (χ1n) is 5.08. The molecule has 0 saturated carbocycles. The van der Waals surface area contributed by atoms with Crippen LogP contribution in [0.25, 0.3) is 0 Å². The molecule has 0 unspecified atom stereocenters. The van der Waals surface area contributed by atoms with Crippen molar-refractivity contribution in [3.05, 3.63) is 33.9 Å². The van der Waals surface area contributed by atoms with Crippen LogP contribution in [0.1, 0.15) is 12.5 Å². The summed E-state index contributed by atoms with van der Waals surface area (Å²) < 4.78 is 10.4. The molecule has 6 nitrogen and oxygen atoms in total. The fraction of sp³-hybridized carbons (Fsp3) is 0.364. The standard InChI is InChI=1S/C11H12N2O4/c1-2-16-5-6-17-11-4-3-10(13(14)15)7-9(11)8-12/h3-4,7H,2,5-6H2,1H3. The molecule has 1 rings (SSSR count). The number of nitriles is 1. The maximum atomic E-state index is 10.5. The Morgan fingerprint density at radius 3 is 2.82 bits per heavy atom. The summed E-state index contributed by atoms with van der Waals surface area (Å²) in [4.78, 5) is 9.96. The monoisotopic (exact) mass is 236 g/mol. The zero-order chi connectivity index (χ0) is 12.7. The second-order valence-electron chi connectivity index (χ2n) is 3.09. The van der Waals surface area contributed by atoms with Crippen LogP contribution in [0.2, 0.25) is 0 Å². The van der Waals surface area contributed by atoms with Crippen molar-refractivity contribution in [1.29, 1.82) is 5.26 Å². The average Bonchev–Trinajstić information content (AvgIpc) is 2.34. The van der Waals surface area contributed by atoms with E-state index in [-0.39, 0.29) is 11.3 Å². The SMILES string of the molecule is CCOCCOc1ccc([N+](=O)[O-])cc1C#N. The summed E-state index contributed by atoms with van der Waals surface area (Å²) in [6.45, 7) is 3.18. The fourth-order valence-corrected chi connectivity index (χ4v) is 1.20. The van der Waals surface area contributed by atoms with Crippen LogP contribution in [0.3, 0.4) is 0 Å². The molecule has 6 heteroatoms. The van der Waals surface area contributed by atoms with E-state index in [1.54, 1.807) is 0 Å². The first-order valence-corrected chi connectivity index (χ1v) is 5.08. The Labute approximate surface area is 98.5 Å². The van der Waals surface area contributed by atoms with Crippen molar-refractivity contribution < 1.29 is 14.4 Å². The van der Waals surface area contributed by atoms with E-state index in [1.165, 1.54) is 18.2 Å². The van der Waals surface area contributed by atoms with Crippen LogP contribution in [-0.2, 0) is 4.74 Å². The van der Waals surface area contributed by atoms with Gasteiger partial charge in [-0.25, -0.2) is 0 Å². The van der Waals surface area contributed by atoms with Crippen LogP contribution in [-0.4, -0.2) is 24.7 Å². The first-order chi connectivity index (χ1) is 8.19. The molecule has 0 aliphatic rings. The Bertz CT molecular complexity index is 440. The Hall–Kier alpha value is -2.13. The van der Waals surface area contributed by atoms with E-state index in [0.29, 0.717) is 25.6 Å². The van der Waals surface area contributed by atoms with Gasteiger partial charge in [0.2, 0.25) is 0 Å². The molecule has 1 aromatic rings. The highest BCUT2D eigenvalue weighted by Crippen LogP contribution is 2.23. The molecule has 0 aliphatic heterocycles. The predicted octanol–water partition coefficient (Wildman–Crippen LogP) is 1.88. The van der Waals surface area contributed by atoms with Gasteiger partial charge < -0.3 is 9.47 Å². The van der Waals surface area contributed by atoms with Crippen molar-refractivity contribution in [1.82, 2.24) is 0 Å². The van der Waals surface area contributed by atoms with Crippen LogP contribution in [0.5, 0.6) is 5.75 Å². The quantitative estimate of drug-likeness (QED) is 0.427. The highest BCUT2D eigenvalue weighted by atomic mass is 16.6. The number of nitrogens with zero attached hydrogens (tertiary/aromatic N) is 2. The van der Waals surface area contributed by atoms with E-state index >= 15 is 0 Å². The van der Waals surface area contributed by atoms with E-state index in [0.717, 1.165) is 0 Å². The molecule has 0 amide bonds. The molecule has 0 N–H and O–H groups in total. The van der Waals surface area contributed by atoms with Crippen molar-refractivity contribution in [3.8, 4) is 11.8 Å². The van der Waals surface area contributed by atoms with Gasteiger partial charge in [-0.3, -0.25) is 10.1 Å². The highest BCUT2D eigenvalue weighted by molar-refractivity contribution is 5.50. The number of nitro benzene ring substituents is 1. The molecule has 0 aliphatic carbocycles. The molecular weight excluding hydrogens is 224 g/mol. The molecule has 0 radical (unpaired) electrons. The lowest BCUT2D eigenvalue weighted by molar-refractivity contribution is -0.384. The van der Waals surface area contributed by atoms with E-state index in [9.17, 15) is 10.1 Å². The summed E-state index contributed by atoms with van der Waals surface area (Å²) in [5.41, 5.74) is 0.0226. The summed E-state index contributed by atoms with van der Waals surface area (Å²) in [6.07, 6.45) is 0. The molecule has 90 valence electrons. The molecule has 0 spiro atoms. The van der Waals surface area contributed by atoms with Crippen molar-refractivity contribution in [2.24, 2.45) is 0 Å². The van der Waals surface area contributed by atoms with Crippen molar-refractivity contribution in [2.75, 3.05) is 19.8 Å². The van der Waals surface area contributed by atoms with Crippen LogP contribution in [0.4, 0.5) is 5.69 Å². The lowest BCUT2D eigenvalue weighted by atomic mass is 10.2. The van der Waals surface area contributed by atoms with E-state index in [4.69, 9.17) is 14.7 Å². The summed E-state index contributed by atoms with van der Waals surface area (Å²) >= 11 is 0. The van der Waals surface area contributed by atoms with E-state index in [1.807, 2.05) is 13.0 Å². The maximum absolute atomic E-state index is 10.5. The van der Waals surface area contributed by atoms with Crippen LogP contribution < -0.4 is 4.74 Å². The molecule has 0 saturated heterocycles. The number of hydrogen-bond donors (Lipinski definition) is 0. The van der Waals surface area contributed by atoms with Gasteiger partial charge in [0.15, 0.2) is 0 Å². The van der Waals surface area contributed by atoms with Crippen molar-refractivity contribution in [3.63, 3.8) is 0 Å². The fourth-order valence-electron chi connectivity index (χ4n) is 1.20. The Balaban J connectivity index is 2.73. The normalized spacial score (nSPS) is 9.65. The van der Waals surface area contributed by atoms with Crippen molar-refractivity contribution in [2.45, 2.75) is 6.92 Å². The maximum Gasteiger partial charge on any atom is 0.271 e. The Morgan fingerprint density at radius 2 is 2.24 bits per heavy atom. The van der Waals surface area contributed by atoms with Gasteiger partial charge in [-0.2, -0.15) is 5.26 Å². The molecule has 0 heterocycles. The highest BCUT2D eigenvalue weighted by Gasteiger charge is 2.11. The van der Waals surface area contributed by atoms with Gasteiger partial charge in [-0.05, 0) is 13.0 Å². The average molecular weight is 236 g/mol. The minimum absolute atomic E-state index is 0.126. The number of non-ortho nitro benzene ring substituents is 1. The van der Waals surface area contributed by atoms with Gasteiger partial charge in [-0.1, -0.05) is 0 Å². The van der Waals surface area contributed by atoms with Gasteiger partial charge in [0, 0.05) is 18.7 Å². The van der Waals surface area contributed by atoms with Gasteiger partial charge in [-0.15, -0.1) is 0 Å². The number of hydrogen-bond acceptors (Lipinski definition) is 5. The topological polar surface area (TPSA) is 85.4 Å². The second-order valence-corrected chi connectivity index (χ2v) is 3.09. The molecule has 0 atom stereocenters. The molecule has 0 bridgehead atoms. The zero-order valence-corrected chi connectivity index (χ0v) is 9.38. The molecular formula is C11H12N2O4. The van der Waals surface area contributed by atoms with Crippen LogP contribution >= 0.6 is 0 Å². The molecule has 1 aromatic carbocycles. The Kier molecular flexibility index (Phi) is 4.91. The summed E-state index contributed by atoms with van der Waals surface area (Å²) in [5, 5.41) is 19.4. The summed E-state index contributed by atoms with van der Waals surface area (Å²) in [5.74, 6) is 0.331. The van der Waals surface area contributed by atoms with Gasteiger partial charge in [0.1, 0.15) is 24.0 Å². The lowest BCUT2D eigenvalue weighted by Gasteiger charge is -2.07. The summed E-state index contributed by atoms with van der Waals surface area (Å²) in [6, 6.07) is 5.77. The third-order valence-corrected chi connectivity index (χ3v) is 1.98. The predicted molar refractivity (Wildman–Crippen MR) is 59.8 cm³/mol. The third kappa shape index (κ3) is 3.74. The smallest absolute Gasteiger partial charge is 0.271 e. The van der Waals surface area contributed by atoms with Gasteiger partial charge in [0.05, 0.1) is 11.5 Å². The summed E-state index contributed by atoms with van der Waals surface area (Å²) in [7, 11) is 0. The minimum Gasteiger partial charge on any atom is -0.490 e. The number of benzene rings is 1. The minimum atomic E-state index is -0.551. The van der Waals surface area contributed by atoms with Gasteiger partial charge in [0.25, 0.3) is 5.69 Å². The largest absolute Gasteiger partial charge is 0.490 e. The van der Waals surface area contributed by atoms with E-state index < -0.39 is 4.92 Å². The van der Waals surface area contributed by atoms with Crippen molar-refractivity contribution >= 4 is 5.69 Å². The third-order valence-electron chi connectivity index (χ3n) is 1.98. The van der Waals surface area contributed by atoms with Crippen LogP contribution in [0, 0.1) is 21.4 Å². The van der Waals surface area contributed by atoms with E-state index in [2.05, 4.69) is 0 Å².